The van der Waals surface area contributed by atoms with Gasteiger partial charge in [-0.05, 0) is 67.7 Å². The molecule has 0 unspecified atom stereocenters. The fourth-order valence-electron chi connectivity index (χ4n) is 3.89. The normalized spacial score (nSPS) is 11.3. The van der Waals surface area contributed by atoms with Gasteiger partial charge in [0.2, 0.25) is 0 Å². The molecule has 0 radical (unpaired) electrons. The SMILES string of the molecule is CN(C)CCNC(=O)c1cccc(-c2ccc(-c3ccc(Br)cc3)n2-c2cnccc2C(F)(F)F)c1.Cl. The number of likely N-dealkylation sites (N-methyl/N-ethyl adjacent to an activating group) is 1. The maximum Gasteiger partial charge on any atom is 0.418 e. The van der Waals surface area contributed by atoms with E-state index >= 15 is 0 Å². The number of benzene rings is 2. The molecule has 0 fully saturated rings. The van der Waals surface area contributed by atoms with Crippen LogP contribution in [0, 0.1) is 0 Å². The molecule has 2 heterocycles. The van der Waals surface area contributed by atoms with E-state index < -0.39 is 11.7 Å². The van der Waals surface area contributed by atoms with Crippen LogP contribution < -0.4 is 5.32 Å². The Kier molecular flexibility index (Phi) is 9.17. The van der Waals surface area contributed by atoms with Gasteiger partial charge in [-0.15, -0.1) is 12.4 Å². The number of alkyl halides is 3. The first kappa shape index (κ1) is 28.4. The number of amides is 1. The van der Waals surface area contributed by atoms with Gasteiger partial charge >= 0.3 is 6.18 Å². The lowest BCUT2D eigenvalue weighted by molar-refractivity contribution is -0.137. The van der Waals surface area contributed by atoms with Crippen LogP contribution >= 0.6 is 28.3 Å². The van der Waals surface area contributed by atoms with E-state index in [9.17, 15) is 18.0 Å². The standard InChI is InChI=1S/C27H24BrF3N4O.ClH/c1-34(2)15-14-33-26(36)20-5-3-4-19(16-20)24-11-10-23(18-6-8-21(28)9-7-18)35(24)25-17-32-13-12-22(25)27(29,30)31;/h3-13,16-17H,14-15H2,1-2H3,(H,33,36);1H. The van der Waals surface area contributed by atoms with Crippen LogP contribution in [0.4, 0.5) is 13.2 Å². The predicted octanol–water partition coefficient (Wildman–Crippen LogP) is 6.70. The summed E-state index contributed by atoms with van der Waals surface area (Å²) in [6.07, 6.45) is -2.23. The van der Waals surface area contributed by atoms with Crippen molar-refractivity contribution in [1.29, 1.82) is 0 Å². The zero-order chi connectivity index (χ0) is 25.9. The molecule has 0 aliphatic rings. The molecule has 0 aliphatic carbocycles. The largest absolute Gasteiger partial charge is 0.418 e. The summed E-state index contributed by atoms with van der Waals surface area (Å²) in [4.78, 5) is 18.7. The van der Waals surface area contributed by atoms with Crippen LogP contribution in [-0.4, -0.2) is 47.5 Å². The highest BCUT2D eigenvalue weighted by molar-refractivity contribution is 9.10. The van der Waals surface area contributed by atoms with Crippen LogP contribution in [0.25, 0.3) is 28.2 Å². The van der Waals surface area contributed by atoms with E-state index in [4.69, 9.17) is 0 Å². The lowest BCUT2D eigenvalue weighted by Crippen LogP contribution is -2.31. The summed E-state index contributed by atoms with van der Waals surface area (Å²) in [5, 5.41) is 2.87. The second-order valence-corrected chi connectivity index (χ2v) is 9.39. The molecular formula is C27H25BrClF3N4O. The van der Waals surface area contributed by atoms with E-state index in [0.717, 1.165) is 22.3 Å². The molecule has 4 aromatic rings. The maximum atomic E-state index is 14.0. The number of carbonyl (C=O) groups excluding carboxylic acids is 1. The quantitative estimate of drug-likeness (QED) is 0.259. The van der Waals surface area contributed by atoms with Gasteiger partial charge in [-0.25, -0.2) is 0 Å². The highest BCUT2D eigenvalue weighted by Gasteiger charge is 2.35. The number of nitrogens with one attached hydrogen (secondary N) is 1. The Hall–Kier alpha value is -3.14. The Balaban J connectivity index is 0.00000380. The molecule has 0 saturated heterocycles. The lowest BCUT2D eigenvalue weighted by Gasteiger charge is -2.19. The average molecular weight is 594 g/mol. The number of pyridine rings is 1. The van der Waals surface area contributed by atoms with E-state index in [0.29, 0.717) is 35.6 Å². The molecule has 0 aliphatic heterocycles. The van der Waals surface area contributed by atoms with Gasteiger partial charge in [0.05, 0.1) is 28.8 Å². The van der Waals surface area contributed by atoms with Gasteiger partial charge in [0.1, 0.15) is 0 Å². The second kappa shape index (κ2) is 11.9. The van der Waals surface area contributed by atoms with Gasteiger partial charge < -0.3 is 14.8 Å². The number of halogens is 5. The van der Waals surface area contributed by atoms with Crippen molar-refractivity contribution in [3.05, 3.63) is 94.7 Å². The van der Waals surface area contributed by atoms with E-state index in [-0.39, 0.29) is 24.0 Å². The van der Waals surface area contributed by atoms with Crippen LogP contribution in [0.2, 0.25) is 0 Å². The van der Waals surface area contributed by atoms with Gasteiger partial charge in [0, 0.05) is 29.3 Å². The van der Waals surface area contributed by atoms with Crippen LogP contribution in [0.5, 0.6) is 0 Å². The molecule has 194 valence electrons. The molecule has 0 saturated carbocycles. The van der Waals surface area contributed by atoms with Crippen molar-refractivity contribution in [2.45, 2.75) is 6.18 Å². The maximum absolute atomic E-state index is 14.0. The van der Waals surface area contributed by atoms with Crippen molar-refractivity contribution in [3.63, 3.8) is 0 Å². The summed E-state index contributed by atoms with van der Waals surface area (Å²) in [6, 6.07) is 18.7. The third-order valence-electron chi connectivity index (χ3n) is 5.63. The molecule has 0 spiro atoms. The number of rotatable bonds is 7. The summed E-state index contributed by atoms with van der Waals surface area (Å²) in [6.45, 7) is 1.16. The Labute approximate surface area is 227 Å². The Morgan fingerprint density at radius 1 is 1.00 bits per heavy atom. The van der Waals surface area contributed by atoms with Gasteiger partial charge in [-0.2, -0.15) is 13.2 Å². The molecule has 0 bridgehead atoms. The first-order valence-corrected chi connectivity index (χ1v) is 12.0. The third-order valence-corrected chi connectivity index (χ3v) is 6.16. The molecule has 0 atom stereocenters. The summed E-state index contributed by atoms with van der Waals surface area (Å²) in [7, 11) is 3.83. The Bertz CT molecular complexity index is 1370. The molecule has 10 heteroatoms. The van der Waals surface area contributed by atoms with Crippen LogP contribution in [0.15, 0.2) is 83.6 Å². The molecule has 4 rings (SSSR count). The minimum atomic E-state index is -4.58. The van der Waals surface area contributed by atoms with E-state index in [1.165, 1.54) is 6.20 Å². The predicted molar refractivity (Wildman–Crippen MR) is 145 cm³/mol. The molecule has 37 heavy (non-hydrogen) atoms. The Morgan fingerprint density at radius 2 is 1.68 bits per heavy atom. The average Bonchev–Trinajstić information content (AvgIpc) is 3.29. The van der Waals surface area contributed by atoms with Gasteiger partial charge in [-0.1, -0.05) is 40.2 Å². The van der Waals surface area contributed by atoms with E-state index in [1.54, 1.807) is 41.0 Å². The minimum Gasteiger partial charge on any atom is -0.351 e. The van der Waals surface area contributed by atoms with Gasteiger partial charge in [0.25, 0.3) is 5.91 Å². The Morgan fingerprint density at radius 3 is 2.32 bits per heavy atom. The van der Waals surface area contributed by atoms with Crippen molar-refractivity contribution in [3.8, 4) is 28.2 Å². The highest BCUT2D eigenvalue weighted by atomic mass is 79.9. The van der Waals surface area contributed by atoms with Crippen molar-refractivity contribution < 1.29 is 18.0 Å². The lowest BCUT2D eigenvalue weighted by atomic mass is 10.1. The summed E-state index contributed by atoms with van der Waals surface area (Å²) >= 11 is 3.40. The van der Waals surface area contributed by atoms with Crippen LogP contribution in [-0.2, 0) is 6.18 Å². The van der Waals surface area contributed by atoms with E-state index in [2.05, 4.69) is 26.2 Å². The number of carbonyl (C=O) groups is 1. The second-order valence-electron chi connectivity index (χ2n) is 8.48. The fourth-order valence-corrected chi connectivity index (χ4v) is 4.15. The summed E-state index contributed by atoms with van der Waals surface area (Å²) < 4.78 is 44.4. The zero-order valence-corrected chi connectivity index (χ0v) is 22.5. The molecule has 2 aromatic carbocycles. The fraction of sp³-hybridized carbons (Fsp3) is 0.185. The minimum absolute atomic E-state index is 0. The van der Waals surface area contributed by atoms with Crippen molar-refractivity contribution in [1.82, 2.24) is 19.8 Å². The monoisotopic (exact) mass is 592 g/mol. The van der Waals surface area contributed by atoms with Gasteiger partial charge in [0.15, 0.2) is 0 Å². The van der Waals surface area contributed by atoms with Crippen molar-refractivity contribution in [2.24, 2.45) is 0 Å². The molecule has 1 amide bonds. The molecule has 5 nitrogen and oxygen atoms in total. The number of hydrogen-bond acceptors (Lipinski definition) is 3. The molecule has 2 aromatic heterocycles. The first-order chi connectivity index (χ1) is 17.1. The van der Waals surface area contributed by atoms with E-state index in [1.807, 2.05) is 43.3 Å². The molecule has 1 N–H and O–H groups in total. The summed E-state index contributed by atoms with van der Waals surface area (Å²) in [5.41, 5.74) is 1.95. The van der Waals surface area contributed by atoms with Crippen LogP contribution in [0.1, 0.15) is 15.9 Å². The first-order valence-electron chi connectivity index (χ1n) is 11.2. The van der Waals surface area contributed by atoms with Crippen molar-refractivity contribution >= 4 is 34.2 Å². The topological polar surface area (TPSA) is 50.2 Å². The smallest absolute Gasteiger partial charge is 0.351 e. The number of aromatic nitrogens is 2. The summed E-state index contributed by atoms with van der Waals surface area (Å²) in [5.74, 6) is -0.248. The zero-order valence-electron chi connectivity index (χ0n) is 20.1. The van der Waals surface area contributed by atoms with Crippen molar-refractivity contribution in [2.75, 3.05) is 27.2 Å². The van der Waals surface area contributed by atoms with Gasteiger partial charge in [-0.3, -0.25) is 9.78 Å². The highest BCUT2D eigenvalue weighted by Crippen LogP contribution is 2.39. The third kappa shape index (κ3) is 6.60. The number of nitrogens with zero attached hydrogens (tertiary/aromatic N) is 3. The van der Waals surface area contributed by atoms with Crippen LogP contribution in [0.3, 0.4) is 0 Å². The molecular weight excluding hydrogens is 569 g/mol. The number of hydrogen-bond donors (Lipinski definition) is 1.